The van der Waals surface area contributed by atoms with Crippen LogP contribution in [0, 0.1) is 10.1 Å². The van der Waals surface area contributed by atoms with Crippen LogP contribution in [0.1, 0.15) is 11.4 Å². The number of hydrogen-bond donors (Lipinski definition) is 1. The van der Waals surface area contributed by atoms with Crippen molar-refractivity contribution in [2.75, 3.05) is 6.54 Å². The van der Waals surface area contributed by atoms with Crippen LogP contribution in [0.2, 0.25) is 5.02 Å². The van der Waals surface area contributed by atoms with Crippen molar-refractivity contribution < 1.29 is 9.45 Å². The summed E-state index contributed by atoms with van der Waals surface area (Å²) in [4.78, 5) is 14.1. The second kappa shape index (κ2) is 6.26. The smallest absolute Gasteiger partial charge is 0.269 e. The van der Waals surface area contributed by atoms with Crippen LogP contribution in [0.4, 0.5) is 5.69 Å². The summed E-state index contributed by atoms with van der Waals surface area (Å²) in [7, 11) is 0. The summed E-state index contributed by atoms with van der Waals surface area (Å²) in [5.74, 6) is 0.609. The molecule has 1 aromatic heterocycles. The first-order chi connectivity index (χ1) is 9.16. The third-order valence-electron chi connectivity index (χ3n) is 2.49. The van der Waals surface area contributed by atoms with Gasteiger partial charge in [-0.15, -0.1) is 0 Å². The second-order valence-corrected chi connectivity index (χ2v) is 4.21. The first-order valence-corrected chi connectivity index (χ1v) is 5.93. The molecule has 100 valence electrons. The van der Waals surface area contributed by atoms with E-state index in [-0.39, 0.29) is 5.69 Å². The highest BCUT2D eigenvalue weighted by molar-refractivity contribution is 6.31. The van der Waals surface area contributed by atoms with Crippen molar-refractivity contribution in [3.8, 4) is 0 Å². The lowest BCUT2D eigenvalue weighted by molar-refractivity contribution is -0.384. The van der Waals surface area contributed by atoms with Gasteiger partial charge in [-0.3, -0.25) is 10.1 Å². The number of hydrogen-bond acceptors (Lipinski definition) is 6. The summed E-state index contributed by atoms with van der Waals surface area (Å²) in [6.45, 7) is 1.07. The van der Waals surface area contributed by atoms with Crippen LogP contribution < -0.4 is 5.32 Å². The van der Waals surface area contributed by atoms with Crippen molar-refractivity contribution in [1.82, 2.24) is 15.5 Å². The minimum atomic E-state index is -0.445. The van der Waals surface area contributed by atoms with E-state index >= 15 is 0 Å². The monoisotopic (exact) mass is 282 g/mol. The lowest BCUT2D eigenvalue weighted by Gasteiger charge is -2.05. The molecule has 0 spiro atoms. The number of nitro groups is 1. The van der Waals surface area contributed by atoms with Crippen LogP contribution in [-0.4, -0.2) is 21.6 Å². The number of non-ortho nitro benzene ring substituents is 1. The van der Waals surface area contributed by atoms with Crippen molar-refractivity contribution in [3.05, 3.63) is 51.1 Å². The molecule has 0 saturated heterocycles. The Hall–Kier alpha value is -1.99. The van der Waals surface area contributed by atoms with Gasteiger partial charge in [-0.05, 0) is 11.6 Å². The maximum atomic E-state index is 10.7. The molecule has 0 bridgehead atoms. The van der Waals surface area contributed by atoms with Crippen LogP contribution in [-0.2, 0) is 13.0 Å². The van der Waals surface area contributed by atoms with Gasteiger partial charge in [0.05, 0.1) is 4.92 Å². The summed E-state index contributed by atoms with van der Waals surface area (Å²) in [6.07, 6.45) is 1.88. The second-order valence-electron chi connectivity index (χ2n) is 3.81. The molecule has 2 aromatic rings. The molecule has 0 aliphatic heterocycles. The Balaban J connectivity index is 1.88. The van der Waals surface area contributed by atoms with E-state index in [0.29, 0.717) is 35.9 Å². The molecule has 1 N–H and O–H groups in total. The zero-order valence-electron chi connectivity index (χ0n) is 9.88. The van der Waals surface area contributed by atoms with Gasteiger partial charge >= 0.3 is 0 Å². The molecule has 0 unspecified atom stereocenters. The highest BCUT2D eigenvalue weighted by atomic mass is 35.5. The molecule has 0 fully saturated rings. The number of nitrogens with zero attached hydrogens (tertiary/aromatic N) is 3. The molecule has 0 saturated carbocycles. The van der Waals surface area contributed by atoms with E-state index in [1.54, 1.807) is 0 Å². The lowest BCUT2D eigenvalue weighted by Crippen LogP contribution is -2.17. The van der Waals surface area contributed by atoms with Crippen molar-refractivity contribution in [3.63, 3.8) is 0 Å². The Morgan fingerprint density at radius 1 is 1.47 bits per heavy atom. The van der Waals surface area contributed by atoms with E-state index in [9.17, 15) is 10.1 Å². The normalized spacial score (nSPS) is 10.6. The molecule has 7 nitrogen and oxygen atoms in total. The van der Waals surface area contributed by atoms with Gasteiger partial charge in [-0.25, -0.2) is 0 Å². The number of aromatic nitrogens is 2. The molecule has 0 atom stereocenters. The molecular weight excluding hydrogens is 272 g/mol. The van der Waals surface area contributed by atoms with Gasteiger partial charge in [0.15, 0.2) is 5.82 Å². The van der Waals surface area contributed by atoms with Gasteiger partial charge in [0.25, 0.3) is 5.69 Å². The Morgan fingerprint density at radius 2 is 2.32 bits per heavy atom. The molecule has 0 radical (unpaired) electrons. The number of benzene rings is 1. The fourth-order valence-electron chi connectivity index (χ4n) is 1.54. The lowest BCUT2D eigenvalue weighted by atomic mass is 10.2. The predicted octanol–water partition coefficient (Wildman–Crippen LogP) is 1.96. The highest BCUT2D eigenvalue weighted by Gasteiger charge is 2.09. The Bertz CT molecular complexity index is 559. The third kappa shape index (κ3) is 3.73. The molecule has 2 rings (SSSR count). The largest absolute Gasteiger partial charge is 0.343 e. The summed E-state index contributed by atoms with van der Waals surface area (Å²) in [6, 6.07) is 4.37. The SMILES string of the molecule is O=[N+]([O-])c1ccc(Cl)c(CNCCc2ncon2)c1. The summed E-state index contributed by atoms with van der Waals surface area (Å²) in [5.41, 5.74) is 0.711. The number of nitrogens with one attached hydrogen (secondary N) is 1. The Kier molecular flexibility index (Phi) is 4.43. The molecule has 8 heteroatoms. The Labute approximate surface area is 113 Å². The maximum Gasteiger partial charge on any atom is 0.269 e. The zero-order valence-corrected chi connectivity index (χ0v) is 10.6. The topological polar surface area (TPSA) is 94.1 Å². The van der Waals surface area contributed by atoms with E-state index in [4.69, 9.17) is 11.6 Å². The highest BCUT2D eigenvalue weighted by Crippen LogP contribution is 2.21. The molecule has 1 aromatic carbocycles. The molecule has 19 heavy (non-hydrogen) atoms. The van der Waals surface area contributed by atoms with Gasteiger partial charge in [0.2, 0.25) is 6.39 Å². The van der Waals surface area contributed by atoms with E-state index in [1.165, 1.54) is 24.6 Å². The van der Waals surface area contributed by atoms with Crippen molar-refractivity contribution in [1.29, 1.82) is 0 Å². The van der Waals surface area contributed by atoms with Gasteiger partial charge in [-0.1, -0.05) is 16.8 Å². The fraction of sp³-hybridized carbons (Fsp3) is 0.273. The summed E-state index contributed by atoms with van der Waals surface area (Å²) < 4.78 is 4.61. The van der Waals surface area contributed by atoms with Crippen molar-refractivity contribution in [2.45, 2.75) is 13.0 Å². The quantitative estimate of drug-likeness (QED) is 0.494. The van der Waals surface area contributed by atoms with Crippen LogP contribution in [0.3, 0.4) is 0 Å². The van der Waals surface area contributed by atoms with E-state index in [2.05, 4.69) is 20.0 Å². The van der Waals surface area contributed by atoms with Gasteiger partial charge in [0.1, 0.15) is 0 Å². The molecule has 1 heterocycles. The molecule has 0 aliphatic rings. The fourth-order valence-corrected chi connectivity index (χ4v) is 1.72. The molecule has 0 aliphatic carbocycles. The third-order valence-corrected chi connectivity index (χ3v) is 2.86. The number of rotatable bonds is 6. The van der Waals surface area contributed by atoms with Gasteiger partial charge in [0, 0.05) is 36.7 Å². The van der Waals surface area contributed by atoms with Crippen LogP contribution in [0.15, 0.2) is 29.1 Å². The molecule has 0 amide bonds. The number of nitro benzene ring substituents is 1. The minimum Gasteiger partial charge on any atom is -0.343 e. The predicted molar refractivity (Wildman–Crippen MR) is 67.8 cm³/mol. The van der Waals surface area contributed by atoms with Gasteiger partial charge in [-0.2, -0.15) is 4.98 Å². The van der Waals surface area contributed by atoms with E-state index < -0.39 is 4.92 Å². The first-order valence-electron chi connectivity index (χ1n) is 5.55. The average Bonchev–Trinajstić information content (AvgIpc) is 2.89. The maximum absolute atomic E-state index is 10.7. The van der Waals surface area contributed by atoms with Crippen LogP contribution >= 0.6 is 11.6 Å². The zero-order chi connectivity index (χ0) is 13.7. The first kappa shape index (κ1) is 13.4. The molecular formula is C11H11ClN4O3. The Morgan fingerprint density at radius 3 is 3.00 bits per heavy atom. The standard InChI is InChI=1S/C11H11ClN4O3/c12-10-2-1-9(16(17)18)5-8(10)6-13-4-3-11-14-7-19-15-11/h1-2,5,7,13H,3-4,6H2. The van der Waals surface area contributed by atoms with Crippen molar-refractivity contribution >= 4 is 17.3 Å². The summed E-state index contributed by atoms with van der Waals surface area (Å²) in [5, 5.41) is 18.0. The van der Waals surface area contributed by atoms with Crippen LogP contribution in [0.25, 0.3) is 0 Å². The minimum absolute atomic E-state index is 0.0272. The van der Waals surface area contributed by atoms with E-state index in [0.717, 1.165) is 0 Å². The average molecular weight is 283 g/mol. The van der Waals surface area contributed by atoms with Crippen LogP contribution in [0.5, 0.6) is 0 Å². The van der Waals surface area contributed by atoms with Gasteiger partial charge < -0.3 is 9.84 Å². The number of halogens is 1. The van der Waals surface area contributed by atoms with Crippen molar-refractivity contribution in [2.24, 2.45) is 0 Å². The summed E-state index contributed by atoms with van der Waals surface area (Å²) >= 11 is 5.98. The van der Waals surface area contributed by atoms with E-state index in [1.807, 2.05) is 0 Å².